The Morgan fingerprint density at radius 3 is 2.67 bits per heavy atom. The van der Waals surface area contributed by atoms with Gasteiger partial charge in [-0.05, 0) is 67.3 Å². The number of ether oxygens (including phenoxy) is 1. The van der Waals surface area contributed by atoms with Crippen LogP contribution in [0.15, 0.2) is 17.0 Å². The Bertz CT molecular complexity index is 806. The summed E-state index contributed by atoms with van der Waals surface area (Å²) in [6, 6.07) is 0. The molecular weight excluding hydrogens is 386 g/mol. The van der Waals surface area contributed by atoms with Crippen LogP contribution in [-0.2, 0) is 24.0 Å². The van der Waals surface area contributed by atoms with Crippen molar-refractivity contribution in [2.24, 2.45) is 39.8 Å². The fourth-order valence-electron chi connectivity index (χ4n) is 7.61. The van der Waals surface area contributed by atoms with Gasteiger partial charge in [0.2, 0.25) is 0 Å². The van der Waals surface area contributed by atoms with E-state index in [1.54, 1.807) is 0 Å². The van der Waals surface area contributed by atoms with Crippen LogP contribution in [0.4, 0.5) is 0 Å². The van der Waals surface area contributed by atoms with E-state index in [0.717, 1.165) is 32.1 Å². The number of carbonyl (C=O) groups excluding carboxylic acids is 3. The maximum absolute atomic E-state index is 12.9. The zero-order valence-electron chi connectivity index (χ0n) is 18.0. The standard InChI is InChI=1S/C23H31NO6/c1-13(25)29-12-19(27)18-7-6-17-16-5-4-14-10-15(26)8-9-22(14,2)21(16)20(30-24-28)11-23(17,18)3/h10,16-18,20-21H,4-9,11-12H2,1-3H3/t16-,17-,18+,20-,21+,22-,23-/m0/s1. The lowest BCUT2D eigenvalue weighted by atomic mass is 9.46. The minimum atomic E-state index is -0.454. The summed E-state index contributed by atoms with van der Waals surface area (Å²) >= 11 is 0. The molecule has 4 aliphatic carbocycles. The fourth-order valence-corrected chi connectivity index (χ4v) is 7.61. The van der Waals surface area contributed by atoms with Gasteiger partial charge in [0.05, 0.1) is 0 Å². The van der Waals surface area contributed by atoms with Gasteiger partial charge in [0.15, 0.2) is 16.9 Å². The summed E-state index contributed by atoms with van der Waals surface area (Å²) < 4.78 is 4.99. The van der Waals surface area contributed by atoms with Gasteiger partial charge in [-0.3, -0.25) is 14.4 Å². The van der Waals surface area contributed by atoms with Crippen LogP contribution in [0.2, 0.25) is 0 Å². The van der Waals surface area contributed by atoms with Crippen molar-refractivity contribution in [2.75, 3.05) is 6.61 Å². The highest BCUT2D eigenvalue weighted by atomic mass is 16.7. The van der Waals surface area contributed by atoms with Crippen LogP contribution >= 0.6 is 0 Å². The molecule has 0 unspecified atom stereocenters. The third-order valence-corrected chi connectivity index (χ3v) is 8.86. The molecule has 30 heavy (non-hydrogen) atoms. The van der Waals surface area contributed by atoms with Crippen molar-refractivity contribution in [1.82, 2.24) is 0 Å². The van der Waals surface area contributed by atoms with Gasteiger partial charge in [0, 0.05) is 25.2 Å². The third-order valence-electron chi connectivity index (χ3n) is 8.86. The zero-order valence-corrected chi connectivity index (χ0v) is 18.0. The Morgan fingerprint density at radius 2 is 1.97 bits per heavy atom. The Labute approximate surface area is 176 Å². The van der Waals surface area contributed by atoms with Crippen molar-refractivity contribution >= 4 is 17.5 Å². The molecule has 0 aromatic carbocycles. The second-order valence-electron chi connectivity index (χ2n) is 10.2. The second-order valence-corrected chi connectivity index (χ2v) is 10.2. The summed E-state index contributed by atoms with van der Waals surface area (Å²) in [5, 5.41) is 2.82. The first-order valence-corrected chi connectivity index (χ1v) is 11.1. The van der Waals surface area contributed by atoms with Crippen LogP contribution in [0.5, 0.6) is 0 Å². The number of hydrogen-bond acceptors (Lipinski definition) is 7. The molecule has 4 rings (SSSR count). The van der Waals surface area contributed by atoms with Gasteiger partial charge in [-0.25, -0.2) is 0 Å². The van der Waals surface area contributed by atoms with Gasteiger partial charge in [0.1, 0.15) is 12.7 Å². The summed E-state index contributed by atoms with van der Waals surface area (Å²) in [5.74, 6) is 0.252. The minimum Gasteiger partial charge on any atom is -0.458 e. The molecule has 0 aliphatic heterocycles. The number of ketones is 2. The van der Waals surface area contributed by atoms with E-state index in [2.05, 4.69) is 19.2 Å². The summed E-state index contributed by atoms with van der Waals surface area (Å²) in [6.07, 6.45) is 6.85. The normalized spacial score (nSPS) is 42.3. The molecule has 164 valence electrons. The monoisotopic (exact) mass is 417 g/mol. The number of allylic oxidation sites excluding steroid dienone is 1. The summed E-state index contributed by atoms with van der Waals surface area (Å²) in [4.78, 5) is 52.8. The SMILES string of the molecule is CC(=O)OCC(=O)[C@H]1CC[C@H]2[C@@H]3CCC4=CC(=O)CC[C@]4(C)[C@H]3[C@@H](ON=O)C[C@]12C. The molecule has 3 fully saturated rings. The number of fused-ring (bicyclic) bond motifs is 5. The molecule has 0 aromatic rings. The van der Waals surface area contributed by atoms with Gasteiger partial charge < -0.3 is 9.57 Å². The van der Waals surface area contributed by atoms with E-state index in [0.29, 0.717) is 24.7 Å². The van der Waals surface area contributed by atoms with E-state index in [1.807, 2.05) is 6.08 Å². The summed E-state index contributed by atoms with van der Waals surface area (Å²) in [6.45, 7) is 5.46. The molecule has 0 heterocycles. The Hall–Kier alpha value is -2.05. The molecular formula is C23H31NO6. The lowest BCUT2D eigenvalue weighted by Crippen LogP contribution is -2.57. The number of esters is 1. The Morgan fingerprint density at radius 1 is 1.20 bits per heavy atom. The molecule has 7 nitrogen and oxygen atoms in total. The van der Waals surface area contributed by atoms with Crippen LogP contribution in [0, 0.1) is 39.4 Å². The Kier molecular flexibility index (Phi) is 5.35. The average molecular weight is 418 g/mol. The molecule has 4 aliphatic rings. The average Bonchev–Trinajstić information content (AvgIpc) is 3.03. The molecule has 7 atom stereocenters. The van der Waals surface area contributed by atoms with Gasteiger partial charge >= 0.3 is 5.97 Å². The van der Waals surface area contributed by atoms with Crippen molar-refractivity contribution in [3.05, 3.63) is 16.6 Å². The summed E-state index contributed by atoms with van der Waals surface area (Å²) in [7, 11) is 0. The first kappa shape index (κ1) is 21.2. The maximum Gasteiger partial charge on any atom is 0.303 e. The van der Waals surface area contributed by atoms with Crippen LogP contribution in [0.1, 0.15) is 65.7 Å². The molecule has 0 N–H and O–H groups in total. The summed E-state index contributed by atoms with van der Waals surface area (Å²) in [5.41, 5.74) is 0.701. The number of nitrogens with zero attached hydrogens (tertiary/aromatic N) is 1. The minimum absolute atomic E-state index is 0.0441. The highest BCUT2D eigenvalue weighted by Gasteiger charge is 2.64. The smallest absolute Gasteiger partial charge is 0.303 e. The molecule has 0 radical (unpaired) electrons. The van der Waals surface area contributed by atoms with Crippen molar-refractivity contribution in [2.45, 2.75) is 71.8 Å². The molecule has 0 spiro atoms. The zero-order chi connectivity index (χ0) is 21.7. The number of rotatable bonds is 5. The lowest BCUT2D eigenvalue weighted by Gasteiger charge is -2.59. The van der Waals surface area contributed by atoms with Gasteiger partial charge in [-0.2, -0.15) is 0 Å². The quantitative estimate of drug-likeness (QED) is 0.382. The van der Waals surface area contributed by atoms with Crippen LogP contribution in [0.3, 0.4) is 0 Å². The van der Waals surface area contributed by atoms with Crippen LogP contribution in [0.25, 0.3) is 0 Å². The van der Waals surface area contributed by atoms with E-state index in [4.69, 9.17) is 9.57 Å². The number of Topliss-reactive ketones (excluding diaryl/α,β-unsaturated/α-hetero) is 1. The fraction of sp³-hybridized carbons (Fsp3) is 0.783. The number of hydrogen-bond donors (Lipinski definition) is 0. The Balaban J connectivity index is 1.66. The molecule has 7 heteroatoms. The van der Waals surface area contributed by atoms with E-state index >= 15 is 0 Å². The molecule has 0 amide bonds. The van der Waals surface area contributed by atoms with Gasteiger partial charge in [-0.15, -0.1) is 4.91 Å². The van der Waals surface area contributed by atoms with Crippen molar-refractivity contribution in [3.8, 4) is 0 Å². The van der Waals surface area contributed by atoms with Gasteiger partial charge in [0.25, 0.3) is 0 Å². The molecule has 3 saturated carbocycles. The topological polar surface area (TPSA) is 99.1 Å². The van der Waals surface area contributed by atoms with Crippen molar-refractivity contribution in [3.63, 3.8) is 0 Å². The van der Waals surface area contributed by atoms with Crippen LogP contribution < -0.4 is 0 Å². The van der Waals surface area contributed by atoms with Crippen LogP contribution in [-0.4, -0.2) is 30.2 Å². The lowest BCUT2D eigenvalue weighted by molar-refractivity contribution is -0.162. The van der Waals surface area contributed by atoms with Gasteiger partial charge in [-0.1, -0.05) is 19.4 Å². The second kappa shape index (κ2) is 7.57. The molecule has 0 aromatic heterocycles. The van der Waals surface area contributed by atoms with Crippen molar-refractivity contribution in [1.29, 1.82) is 0 Å². The van der Waals surface area contributed by atoms with E-state index < -0.39 is 5.97 Å². The highest BCUT2D eigenvalue weighted by molar-refractivity contribution is 5.91. The molecule has 0 bridgehead atoms. The number of carbonyl (C=O) groups is 3. The third kappa shape index (κ3) is 3.21. The first-order valence-electron chi connectivity index (χ1n) is 11.1. The van der Waals surface area contributed by atoms with Crippen molar-refractivity contribution < 1.29 is 24.0 Å². The maximum atomic E-state index is 12.9. The van der Waals surface area contributed by atoms with E-state index in [-0.39, 0.29) is 46.9 Å². The van der Waals surface area contributed by atoms with E-state index in [9.17, 15) is 19.3 Å². The largest absolute Gasteiger partial charge is 0.458 e. The molecule has 0 saturated heterocycles. The predicted molar refractivity (Wildman–Crippen MR) is 108 cm³/mol. The first-order chi connectivity index (χ1) is 14.2. The predicted octanol–water partition coefficient (Wildman–Crippen LogP) is 3.94. The highest BCUT2D eigenvalue weighted by Crippen LogP contribution is 2.67. The van der Waals surface area contributed by atoms with E-state index in [1.165, 1.54) is 12.5 Å².